The van der Waals surface area contributed by atoms with Crippen molar-refractivity contribution in [2.45, 2.75) is 65.8 Å². The molecular formula is C35H40O6. The van der Waals surface area contributed by atoms with Crippen molar-refractivity contribution in [3.05, 3.63) is 117 Å². The number of methoxy groups -OCH3 is 1. The van der Waals surface area contributed by atoms with Crippen LogP contribution < -0.4 is 0 Å². The largest absolute Gasteiger partial charge is 0.507 e. The highest BCUT2D eigenvalue weighted by Crippen LogP contribution is 2.32. The molecule has 0 atom stereocenters. The van der Waals surface area contributed by atoms with Crippen LogP contribution in [0.3, 0.4) is 0 Å². The first-order valence-corrected chi connectivity index (χ1v) is 14.2. The molecule has 0 radical (unpaired) electrons. The van der Waals surface area contributed by atoms with Gasteiger partial charge in [-0.2, -0.15) is 0 Å². The first-order chi connectivity index (χ1) is 19.9. The van der Waals surface area contributed by atoms with Gasteiger partial charge in [0, 0.05) is 30.2 Å². The fourth-order valence-corrected chi connectivity index (χ4v) is 5.23. The Kier molecular flexibility index (Phi) is 10.3. The molecule has 6 heteroatoms. The second-order valence-corrected chi connectivity index (χ2v) is 10.3. The second-order valence-electron chi connectivity index (χ2n) is 10.3. The minimum Gasteiger partial charge on any atom is -0.507 e. The third-order valence-electron chi connectivity index (χ3n) is 7.57. The van der Waals surface area contributed by atoms with E-state index >= 15 is 0 Å². The molecule has 0 aliphatic heterocycles. The maximum absolute atomic E-state index is 11.1. The molecule has 0 spiro atoms. The summed E-state index contributed by atoms with van der Waals surface area (Å²) < 4.78 is 11.1. The molecule has 0 heterocycles. The normalized spacial score (nSPS) is 11.2. The zero-order valence-electron chi connectivity index (χ0n) is 24.1. The summed E-state index contributed by atoms with van der Waals surface area (Å²) in [5.41, 5.74) is 7.21. The molecule has 0 amide bonds. The zero-order valence-corrected chi connectivity index (χ0v) is 24.1. The van der Waals surface area contributed by atoms with Crippen molar-refractivity contribution >= 4 is 0 Å². The Morgan fingerprint density at radius 1 is 0.512 bits per heavy atom. The van der Waals surface area contributed by atoms with E-state index in [0.29, 0.717) is 37.9 Å². The van der Waals surface area contributed by atoms with Crippen LogP contribution in [-0.4, -0.2) is 27.5 Å². The van der Waals surface area contributed by atoms with E-state index in [-0.39, 0.29) is 36.2 Å². The van der Waals surface area contributed by atoms with Gasteiger partial charge in [0.05, 0.1) is 19.8 Å². The number of hydrogen-bond acceptors (Lipinski definition) is 6. The highest BCUT2D eigenvalue weighted by atomic mass is 16.5. The van der Waals surface area contributed by atoms with Gasteiger partial charge in [0.15, 0.2) is 0 Å². The van der Waals surface area contributed by atoms with Gasteiger partial charge in [-0.15, -0.1) is 0 Å². The minimum absolute atomic E-state index is 0.195. The van der Waals surface area contributed by atoms with Crippen LogP contribution >= 0.6 is 0 Å². The SMILES string of the molecule is CCc1cccc(COCc2cc(Cc3cccc(CCc4cccc(COC)c4O)c3O)cc(CC)c2O)c1O. The van der Waals surface area contributed by atoms with Gasteiger partial charge in [0.25, 0.3) is 0 Å². The van der Waals surface area contributed by atoms with E-state index in [1.165, 1.54) is 0 Å². The molecule has 0 aliphatic rings. The minimum atomic E-state index is 0.195. The van der Waals surface area contributed by atoms with Crippen LogP contribution in [0.4, 0.5) is 0 Å². The van der Waals surface area contributed by atoms with Gasteiger partial charge in [0.1, 0.15) is 23.0 Å². The number of hydrogen-bond donors (Lipinski definition) is 4. The number of aryl methyl sites for hydroxylation is 4. The predicted octanol–water partition coefficient (Wildman–Crippen LogP) is 6.87. The van der Waals surface area contributed by atoms with Crippen LogP contribution in [-0.2, 0) is 61.4 Å². The van der Waals surface area contributed by atoms with Gasteiger partial charge < -0.3 is 29.9 Å². The van der Waals surface area contributed by atoms with E-state index in [4.69, 9.17) is 9.47 Å². The van der Waals surface area contributed by atoms with Gasteiger partial charge >= 0.3 is 0 Å². The van der Waals surface area contributed by atoms with Crippen molar-refractivity contribution in [3.8, 4) is 23.0 Å². The van der Waals surface area contributed by atoms with Crippen LogP contribution in [0.2, 0.25) is 0 Å². The van der Waals surface area contributed by atoms with E-state index in [1.54, 1.807) is 7.11 Å². The summed E-state index contributed by atoms with van der Waals surface area (Å²) in [6.45, 7) is 4.76. The number of aromatic hydroxyl groups is 4. The molecule has 4 aromatic carbocycles. The topological polar surface area (TPSA) is 99.4 Å². The molecule has 0 fully saturated rings. The summed E-state index contributed by atoms with van der Waals surface area (Å²) in [7, 11) is 1.60. The van der Waals surface area contributed by atoms with E-state index in [1.807, 2.05) is 80.6 Å². The average molecular weight is 557 g/mol. The molecular weight excluding hydrogens is 516 g/mol. The molecule has 0 saturated heterocycles. The second kappa shape index (κ2) is 14.1. The van der Waals surface area contributed by atoms with Crippen LogP contribution in [0.25, 0.3) is 0 Å². The molecule has 4 N–H and O–H groups in total. The van der Waals surface area contributed by atoms with E-state index in [9.17, 15) is 20.4 Å². The number of ether oxygens (including phenoxy) is 2. The van der Waals surface area contributed by atoms with Crippen LogP contribution in [0.5, 0.6) is 23.0 Å². The lowest BCUT2D eigenvalue weighted by molar-refractivity contribution is 0.103. The summed E-state index contributed by atoms with van der Waals surface area (Å²) in [5.74, 6) is 0.964. The smallest absolute Gasteiger partial charge is 0.124 e. The van der Waals surface area contributed by atoms with Crippen molar-refractivity contribution in [2.24, 2.45) is 0 Å². The van der Waals surface area contributed by atoms with Crippen molar-refractivity contribution in [1.82, 2.24) is 0 Å². The Morgan fingerprint density at radius 3 is 1.56 bits per heavy atom. The van der Waals surface area contributed by atoms with Gasteiger partial charge in [0.2, 0.25) is 0 Å². The highest BCUT2D eigenvalue weighted by molar-refractivity contribution is 5.49. The molecule has 0 aliphatic carbocycles. The van der Waals surface area contributed by atoms with Gasteiger partial charge in [-0.25, -0.2) is 0 Å². The monoisotopic (exact) mass is 556 g/mol. The Labute approximate surface area is 242 Å². The van der Waals surface area contributed by atoms with Crippen molar-refractivity contribution in [3.63, 3.8) is 0 Å². The van der Waals surface area contributed by atoms with Gasteiger partial charge in [-0.1, -0.05) is 74.5 Å². The quantitative estimate of drug-likeness (QED) is 0.143. The number of benzene rings is 4. The predicted molar refractivity (Wildman–Crippen MR) is 161 cm³/mol. The lowest BCUT2D eigenvalue weighted by Crippen LogP contribution is -2.01. The van der Waals surface area contributed by atoms with E-state index in [2.05, 4.69) is 0 Å². The Balaban J connectivity index is 1.49. The number of para-hydroxylation sites is 3. The van der Waals surface area contributed by atoms with Gasteiger partial charge in [-0.05, 0) is 65.1 Å². The summed E-state index contributed by atoms with van der Waals surface area (Å²) in [6.07, 6.45) is 3.04. The first kappa shape index (κ1) is 30.0. The third-order valence-corrected chi connectivity index (χ3v) is 7.57. The highest BCUT2D eigenvalue weighted by Gasteiger charge is 2.15. The van der Waals surface area contributed by atoms with E-state index in [0.717, 1.165) is 50.9 Å². The first-order valence-electron chi connectivity index (χ1n) is 14.2. The van der Waals surface area contributed by atoms with Gasteiger partial charge in [-0.3, -0.25) is 0 Å². The number of phenolic OH excluding ortho intramolecular Hbond substituents is 4. The average Bonchev–Trinajstić information content (AvgIpc) is 2.97. The molecule has 0 saturated carbocycles. The molecule has 0 aromatic heterocycles. The molecule has 6 nitrogen and oxygen atoms in total. The number of phenols is 4. The number of rotatable bonds is 13. The zero-order chi connectivity index (χ0) is 29.4. The van der Waals surface area contributed by atoms with E-state index < -0.39 is 0 Å². The lowest BCUT2D eigenvalue weighted by Gasteiger charge is -2.15. The molecule has 41 heavy (non-hydrogen) atoms. The third kappa shape index (κ3) is 7.20. The maximum Gasteiger partial charge on any atom is 0.124 e. The van der Waals surface area contributed by atoms with Crippen LogP contribution in [0.15, 0.2) is 66.7 Å². The van der Waals surface area contributed by atoms with Crippen LogP contribution in [0, 0.1) is 0 Å². The molecule has 0 unspecified atom stereocenters. The summed E-state index contributed by atoms with van der Waals surface area (Å²) in [4.78, 5) is 0. The Hall–Kier alpha value is -4.00. The Morgan fingerprint density at radius 2 is 0.951 bits per heavy atom. The summed E-state index contributed by atoms with van der Waals surface area (Å²) in [6, 6.07) is 20.9. The van der Waals surface area contributed by atoms with Crippen molar-refractivity contribution in [1.29, 1.82) is 0 Å². The molecule has 4 aromatic rings. The molecule has 0 bridgehead atoms. The lowest BCUT2D eigenvalue weighted by atomic mass is 9.94. The fraction of sp³-hybridized carbons (Fsp3) is 0.314. The molecule has 4 rings (SSSR count). The summed E-state index contributed by atoms with van der Waals surface area (Å²) in [5, 5.41) is 43.1. The summed E-state index contributed by atoms with van der Waals surface area (Å²) >= 11 is 0. The fourth-order valence-electron chi connectivity index (χ4n) is 5.23. The Bertz CT molecular complexity index is 1480. The molecule has 216 valence electrons. The standard InChI is InChI=1S/C35H40O6/c1-4-24-9-6-14-30(32(24)36)21-41-22-31-19-23(17-25(5-2)33(31)37)18-28-12-7-10-26(34(28)38)15-16-27-11-8-13-29(20-40-3)35(27)39/h6-14,17,19,36-39H,4-5,15-16,18,20-22H2,1-3H3. The van der Waals surface area contributed by atoms with Crippen molar-refractivity contribution < 1.29 is 29.9 Å². The van der Waals surface area contributed by atoms with Crippen molar-refractivity contribution in [2.75, 3.05) is 7.11 Å². The van der Waals surface area contributed by atoms with Crippen LogP contribution in [0.1, 0.15) is 63.9 Å². The maximum atomic E-state index is 11.1.